The Balaban J connectivity index is 2.63. The maximum atomic E-state index is 13.2. The zero-order chi connectivity index (χ0) is 14.0. The van der Waals surface area contributed by atoms with Crippen LogP contribution in [-0.2, 0) is 7.05 Å². The highest BCUT2D eigenvalue weighted by molar-refractivity contribution is 5.96. The van der Waals surface area contributed by atoms with Crippen molar-refractivity contribution in [1.82, 2.24) is 9.88 Å². The molecule has 1 aromatic heterocycles. The van der Waals surface area contributed by atoms with Crippen LogP contribution >= 0.6 is 0 Å². The molecule has 5 heteroatoms. The number of rotatable bonds is 2. The van der Waals surface area contributed by atoms with E-state index in [9.17, 15) is 14.0 Å². The molecule has 2 aromatic rings. The molecule has 1 amide bonds. The van der Waals surface area contributed by atoms with E-state index in [1.54, 1.807) is 0 Å². The van der Waals surface area contributed by atoms with Gasteiger partial charge in [0, 0.05) is 12.4 Å². The van der Waals surface area contributed by atoms with Crippen molar-refractivity contribution in [1.29, 1.82) is 0 Å². The minimum Gasteiger partial charge on any atom is -0.340 e. The van der Waals surface area contributed by atoms with Crippen LogP contribution in [0.2, 0.25) is 0 Å². The molecule has 2 rings (SSSR count). The van der Waals surface area contributed by atoms with Crippen LogP contribution in [0, 0.1) is 18.2 Å². The molecule has 1 aromatic carbocycles. The van der Waals surface area contributed by atoms with Gasteiger partial charge in [-0.25, -0.2) is 4.39 Å². The van der Waals surface area contributed by atoms with Gasteiger partial charge in [-0.05, 0) is 29.7 Å². The van der Waals surface area contributed by atoms with Gasteiger partial charge in [0.15, 0.2) is 0 Å². The number of amides is 1. The van der Waals surface area contributed by atoms with Crippen LogP contribution in [0.15, 0.2) is 29.1 Å². The maximum Gasteiger partial charge on any atom is 0.268 e. The van der Waals surface area contributed by atoms with Crippen LogP contribution in [-0.4, -0.2) is 17.0 Å². The summed E-state index contributed by atoms with van der Waals surface area (Å²) in [6.45, 7) is 0.0637. The highest BCUT2D eigenvalue weighted by atomic mass is 19.1. The molecule has 0 aliphatic heterocycles. The molecule has 0 unspecified atom stereocenters. The van der Waals surface area contributed by atoms with Crippen molar-refractivity contribution in [3.63, 3.8) is 0 Å². The van der Waals surface area contributed by atoms with E-state index in [1.165, 1.54) is 35.9 Å². The molecule has 0 fully saturated rings. The second-order valence-corrected chi connectivity index (χ2v) is 4.01. The van der Waals surface area contributed by atoms with Crippen molar-refractivity contribution in [3.05, 3.63) is 46.1 Å². The predicted octanol–water partition coefficient (Wildman–Crippen LogP) is 1.04. The van der Waals surface area contributed by atoms with Crippen molar-refractivity contribution < 1.29 is 9.18 Å². The van der Waals surface area contributed by atoms with E-state index in [0.29, 0.717) is 10.8 Å². The number of hydrogen-bond donors (Lipinski definition) is 1. The maximum absolute atomic E-state index is 13.2. The van der Waals surface area contributed by atoms with Gasteiger partial charge in [0.05, 0.1) is 6.54 Å². The fourth-order valence-electron chi connectivity index (χ4n) is 1.82. The summed E-state index contributed by atoms with van der Waals surface area (Å²) >= 11 is 0. The topological polar surface area (TPSA) is 51.1 Å². The first kappa shape index (κ1) is 12.8. The summed E-state index contributed by atoms with van der Waals surface area (Å²) in [6.07, 6.45) is 5.05. The zero-order valence-electron chi connectivity index (χ0n) is 10.2. The van der Waals surface area contributed by atoms with Gasteiger partial charge in [0.2, 0.25) is 0 Å². The number of benzene rings is 1. The number of terminal acetylenes is 1. The average Bonchev–Trinajstić information content (AvgIpc) is 2.39. The lowest BCUT2D eigenvalue weighted by atomic mass is 10.1. The number of hydrogen-bond acceptors (Lipinski definition) is 2. The first-order valence-electron chi connectivity index (χ1n) is 5.55. The minimum atomic E-state index is -0.469. The van der Waals surface area contributed by atoms with E-state index in [2.05, 4.69) is 11.2 Å². The highest BCUT2D eigenvalue weighted by Gasteiger charge is 2.12. The van der Waals surface area contributed by atoms with E-state index in [4.69, 9.17) is 6.42 Å². The first-order valence-corrected chi connectivity index (χ1v) is 5.55. The van der Waals surface area contributed by atoms with Gasteiger partial charge in [-0.15, -0.1) is 6.42 Å². The summed E-state index contributed by atoms with van der Waals surface area (Å²) in [5, 5.41) is 3.21. The number of carbonyl (C=O) groups excluding carboxylic acids is 1. The number of nitrogens with zero attached hydrogens (tertiary/aromatic N) is 1. The Labute approximate surface area is 108 Å². The summed E-state index contributed by atoms with van der Waals surface area (Å²) in [6, 6.07) is 5.29. The monoisotopic (exact) mass is 258 g/mol. The van der Waals surface area contributed by atoms with Crippen LogP contribution in [0.4, 0.5) is 4.39 Å². The van der Waals surface area contributed by atoms with Crippen LogP contribution < -0.4 is 10.9 Å². The van der Waals surface area contributed by atoms with Crippen LogP contribution in [0.25, 0.3) is 10.8 Å². The molecule has 0 atom stereocenters. The normalized spacial score (nSPS) is 10.2. The van der Waals surface area contributed by atoms with Crippen molar-refractivity contribution in [3.8, 4) is 12.3 Å². The fraction of sp³-hybridized carbons (Fsp3) is 0.143. The second-order valence-electron chi connectivity index (χ2n) is 4.01. The van der Waals surface area contributed by atoms with E-state index in [0.717, 1.165) is 0 Å². The molecule has 0 aliphatic carbocycles. The van der Waals surface area contributed by atoms with Gasteiger partial charge in [-0.2, -0.15) is 0 Å². The molecule has 1 N–H and O–H groups in total. The molecule has 0 saturated carbocycles. The number of halogens is 1. The molecule has 0 spiro atoms. The Morgan fingerprint density at radius 3 is 2.89 bits per heavy atom. The molecule has 0 radical (unpaired) electrons. The largest absolute Gasteiger partial charge is 0.340 e. The van der Waals surface area contributed by atoms with Crippen molar-refractivity contribution in [2.75, 3.05) is 6.54 Å². The fourth-order valence-corrected chi connectivity index (χ4v) is 1.82. The lowest BCUT2D eigenvalue weighted by molar-refractivity contribution is 0.0949. The third-order valence-electron chi connectivity index (χ3n) is 2.79. The van der Waals surface area contributed by atoms with E-state index in [1.807, 2.05) is 0 Å². The molecule has 0 bridgehead atoms. The van der Waals surface area contributed by atoms with Gasteiger partial charge in [-0.3, -0.25) is 9.59 Å². The molecular formula is C14H11FN2O2. The van der Waals surface area contributed by atoms with Gasteiger partial charge in [0.1, 0.15) is 11.5 Å². The molecule has 19 heavy (non-hydrogen) atoms. The minimum absolute atomic E-state index is 0.0637. The Morgan fingerprint density at radius 2 is 2.21 bits per heavy atom. The molecule has 1 heterocycles. The summed E-state index contributed by atoms with van der Waals surface area (Å²) in [5.74, 6) is 1.34. The van der Waals surface area contributed by atoms with Crippen molar-refractivity contribution >= 4 is 16.7 Å². The highest BCUT2D eigenvalue weighted by Crippen LogP contribution is 2.13. The third-order valence-corrected chi connectivity index (χ3v) is 2.79. The molecule has 96 valence electrons. The smallest absolute Gasteiger partial charge is 0.268 e. The Morgan fingerprint density at radius 1 is 1.47 bits per heavy atom. The number of pyridine rings is 1. The lowest BCUT2D eigenvalue weighted by Crippen LogP contribution is -2.31. The Kier molecular flexibility index (Phi) is 3.34. The molecular weight excluding hydrogens is 247 g/mol. The Hall–Kier alpha value is -2.61. The van der Waals surface area contributed by atoms with E-state index in [-0.39, 0.29) is 17.8 Å². The lowest BCUT2D eigenvalue weighted by Gasteiger charge is -2.09. The van der Waals surface area contributed by atoms with Crippen LogP contribution in [0.3, 0.4) is 0 Å². The van der Waals surface area contributed by atoms with Crippen LogP contribution in [0.1, 0.15) is 10.5 Å². The molecule has 4 nitrogen and oxygen atoms in total. The number of carbonyl (C=O) groups is 1. The summed E-state index contributed by atoms with van der Waals surface area (Å²) in [4.78, 5) is 23.9. The summed E-state index contributed by atoms with van der Waals surface area (Å²) in [5.41, 5.74) is -0.221. The second kappa shape index (κ2) is 4.94. The third kappa shape index (κ3) is 2.33. The molecule has 0 aliphatic rings. The van der Waals surface area contributed by atoms with Gasteiger partial charge in [-0.1, -0.05) is 5.92 Å². The summed E-state index contributed by atoms with van der Waals surface area (Å²) in [7, 11) is 1.48. The van der Waals surface area contributed by atoms with Gasteiger partial charge in [0.25, 0.3) is 11.5 Å². The van der Waals surface area contributed by atoms with Gasteiger partial charge >= 0.3 is 0 Å². The number of aromatic nitrogens is 1. The SMILES string of the molecule is C#CCNC(=O)c1cc2cc(F)ccc2c(=O)n1C. The molecule has 0 saturated heterocycles. The quantitative estimate of drug-likeness (QED) is 0.818. The zero-order valence-corrected chi connectivity index (χ0v) is 10.2. The van der Waals surface area contributed by atoms with Crippen molar-refractivity contribution in [2.24, 2.45) is 7.05 Å². The van der Waals surface area contributed by atoms with E-state index < -0.39 is 11.7 Å². The predicted molar refractivity (Wildman–Crippen MR) is 70.3 cm³/mol. The summed E-state index contributed by atoms with van der Waals surface area (Å²) < 4.78 is 14.4. The average molecular weight is 258 g/mol. The number of fused-ring (bicyclic) bond motifs is 1. The first-order chi connectivity index (χ1) is 9.04. The van der Waals surface area contributed by atoms with Crippen molar-refractivity contribution in [2.45, 2.75) is 0 Å². The van der Waals surface area contributed by atoms with E-state index >= 15 is 0 Å². The van der Waals surface area contributed by atoms with Crippen LogP contribution in [0.5, 0.6) is 0 Å². The standard InChI is InChI=1S/C14H11FN2O2/c1-3-6-16-13(18)12-8-9-7-10(15)4-5-11(9)14(19)17(12)2/h1,4-5,7-8H,6H2,2H3,(H,16,18). The van der Waals surface area contributed by atoms with Gasteiger partial charge < -0.3 is 9.88 Å². The Bertz CT molecular complexity index is 756. The number of nitrogens with one attached hydrogen (secondary N) is 1.